The third kappa shape index (κ3) is 7.08. The van der Waals surface area contributed by atoms with Gasteiger partial charge >= 0.3 is 6.09 Å². The normalized spacial score (nSPS) is 30.0. The van der Waals surface area contributed by atoms with E-state index < -0.39 is 5.60 Å². The summed E-state index contributed by atoms with van der Waals surface area (Å²) in [5, 5.41) is 10.3. The van der Waals surface area contributed by atoms with E-state index in [0.29, 0.717) is 18.1 Å². The molecule has 1 aliphatic heterocycles. The number of rotatable bonds is 5. The first-order valence-corrected chi connectivity index (χ1v) is 9.31. The quantitative estimate of drug-likeness (QED) is 0.727. The Balaban J connectivity index is 1.59. The van der Waals surface area contributed by atoms with Crippen molar-refractivity contribution >= 4 is 6.09 Å². The molecule has 5 nitrogen and oxygen atoms in total. The fourth-order valence-electron chi connectivity index (χ4n) is 3.55. The molecule has 2 fully saturated rings. The van der Waals surface area contributed by atoms with Crippen LogP contribution in [0.3, 0.4) is 0 Å². The van der Waals surface area contributed by atoms with Crippen LogP contribution in [0.5, 0.6) is 0 Å². The first-order chi connectivity index (χ1) is 10.8. The van der Waals surface area contributed by atoms with E-state index in [1.807, 2.05) is 20.8 Å². The van der Waals surface area contributed by atoms with Crippen molar-refractivity contribution < 1.29 is 9.53 Å². The summed E-state index contributed by atoms with van der Waals surface area (Å²) < 4.78 is 5.29. The smallest absolute Gasteiger partial charge is 0.407 e. The lowest BCUT2D eigenvalue weighted by Gasteiger charge is -2.38. The molecule has 1 saturated carbocycles. The lowest BCUT2D eigenvalue weighted by Crippen LogP contribution is -2.55. The molecule has 3 N–H and O–H groups in total. The summed E-state index contributed by atoms with van der Waals surface area (Å²) in [7, 11) is 0. The zero-order valence-corrected chi connectivity index (χ0v) is 15.3. The van der Waals surface area contributed by atoms with Gasteiger partial charge < -0.3 is 20.7 Å². The second-order valence-corrected chi connectivity index (χ2v) is 8.32. The van der Waals surface area contributed by atoms with Gasteiger partial charge in [-0.25, -0.2) is 4.79 Å². The molecule has 0 aromatic rings. The maximum Gasteiger partial charge on any atom is 0.407 e. The average molecular weight is 325 g/mol. The number of nitrogens with one attached hydrogen (secondary N) is 3. The highest BCUT2D eigenvalue weighted by atomic mass is 16.6. The van der Waals surface area contributed by atoms with Crippen LogP contribution in [0.2, 0.25) is 0 Å². The van der Waals surface area contributed by atoms with Crippen LogP contribution in [0.4, 0.5) is 4.79 Å². The topological polar surface area (TPSA) is 62.4 Å². The molecule has 0 aromatic carbocycles. The first-order valence-electron chi connectivity index (χ1n) is 9.31. The molecule has 2 rings (SSSR count). The summed E-state index contributed by atoms with van der Waals surface area (Å²) in [6.07, 6.45) is 8.25. The molecule has 0 bridgehead atoms. The van der Waals surface area contributed by atoms with Gasteiger partial charge in [-0.15, -0.1) is 0 Å². The molecule has 23 heavy (non-hydrogen) atoms. The third-order valence-electron chi connectivity index (χ3n) is 4.68. The minimum atomic E-state index is -0.425. The Morgan fingerprint density at radius 2 is 1.96 bits per heavy atom. The number of ether oxygens (including phenoxy) is 1. The van der Waals surface area contributed by atoms with Gasteiger partial charge in [0.05, 0.1) is 0 Å². The van der Waals surface area contributed by atoms with E-state index in [2.05, 4.69) is 22.9 Å². The maximum absolute atomic E-state index is 11.7. The molecular formula is C18H35N3O2. The number of carbonyl (C=O) groups excluding carboxylic acids is 1. The zero-order chi connectivity index (χ0) is 16.9. The summed E-state index contributed by atoms with van der Waals surface area (Å²) in [5.74, 6) is 0. The van der Waals surface area contributed by atoms with E-state index in [9.17, 15) is 4.79 Å². The molecule has 2 atom stereocenters. The molecule has 0 radical (unpaired) electrons. The van der Waals surface area contributed by atoms with Crippen LogP contribution in [0, 0.1) is 0 Å². The second-order valence-electron chi connectivity index (χ2n) is 8.32. The van der Waals surface area contributed by atoms with E-state index in [1.165, 1.54) is 38.6 Å². The Kier molecular flexibility index (Phi) is 6.72. The Hall–Kier alpha value is -0.810. The van der Waals surface area contributed by atoms with Crippen molar-refractivity contribution in [2.75, 3.05) is 6.54 Å². The van der Waals surface area contributed by atoms with Crippen LogP contribution >= 0.6 is 0 Å². The van der Waals surface area contributed by atoms with E-state index >= 15 is 0 Å². The standard InChI is InChI=1S/C18H35N3O2/c1-13(10-14-8-6-5-7-9-19-14)20-15-11-16(12-15)21-17(22)23-18(2,3)4/h13-16,19-20H,5-12H2,1-4H3,(H,21,22). The van der Waals surface area contributed by atoms with Crippen molar-refractivity contribution in [2.24, 2.45) is 0 Å². The number of amides is 1. The molecule has 1 heterocycles. The molecule has 0 aromatic heterocycles. The van der Waals surface area contributed by atoms with Crippen molar-refractivity contribution in [2.45, 2.75) is 102 Å². The summed E-state index contributed by atoms with van der Waals surface area (Å²) in [5.41, 5.74) is -0.425. The minimum absolute atomic E-state index is 0.255. The van der Waals surface area contributed by atoms with Gasteiger partial charge in [0.15, 0.2) is 0 Å². The summed E-state index contributed by atoms with van der Waals surface area (Å²) in [6, 6.07) is 1.97. The first kappa shape index (κ1) is 18.5. The Labute approximate surface area is 141 Å². The van der Waals surface area contributed by atoms with Crippen LogP contribution in [-0.2, 0) is 4.74 Å². The summed E-state index contributed by atoms with van der Waals surface area (Å²) >= 11 is 0. The van der Waals surface area contributed by atoms with Gasteiger partial charge in [0, 0.05) is 24.2 Å². The predicted molar refractivity (Wildman–Crippen MR) is 93.7 cm³/mol. The fraction of sp³-hybridized carbons (Fsp3) is 0.944. The number of hydrogen-bond donors (Lipinski definition) is 3. The zero-order valence-electron chi connectivity index (χ0n) is 15.3. The monoisotopic (exact) mass is 325 g/mol. The van der Waals surface area contributed by atoms with Crippen molar-refractivity contribution in [3.05, 3.63) is 0 Å². The molecule has 1 amide bonds. The SMILES string of the molecule is CC(CC1CCCCCN1)NC1CC(NC(=O)OC(C)(C)C)C1. The van der Waals surface area contributed by atoms with Gasteiger partial charge in [0.2, 0.25) is 0 Å². The minimum Gasteiger partial charge on any atom is -0.444 e. The summed E-state index contributed by atoms with van der Waals surface area (Å²) in [4.78, 5) is 11.7. The highest BCUT2D eigenvalue weighted by Crippen LogP contribution is 2.22. The third-order valence-corrected chi connectivity index (χ3v) is 4.68. The highest BCUT2D eigenvalue weighted by molar-refractivity contribution is 5.68. The van der Waals surface area contributed by atoms with Gasteiger partial charge in [-0.1, -0.05) is 12.8 Å². The molecule has 134 valence electrons. The van der Waals surface area contributed by atoms with Gasteiger partial charge in [-0.2, -0.15) is 0 Å². The van der Waals surface area contributed by atoms with Gasteiger partial charge in [-0.3, -0.25) is 0 Å². The summed E-state index contributed by atoms with van der Waals surface area (Å²) in [6.45, 7) is 9.12. The van der Waals surface area contributed by atoms with Gasteiger partial charge in [-0.05, 0) is 66.3 Å². The van der Waals surface area contributed by atoms with Crippen LogP contribution in [0.25, 0.3) is 0 Å². The Morgan fingerprint density at radius 3 is 2.65 bits per heavy atom. The molecule has 2 aliphatic rings. The van der Waals surface area contributed by atoms with Crippen molar-refractivity contribution in [3.63, 3.8) is 0 Å². The lowest BCUT2D eigenvalue weighted by molar-refractivity contribution is 0.0463. The van der Waals surface area contributed by atoms with Crippen LogP contribution in [-0.4, -0.2) is 42.4 Å². The van der Waals surface area contributed by atoms with Gasteiger partial charge in [0.1, 0.15) is 5.60 Å². The maximum atomic E-state index is 11.7. The molecular weight excluding hydrogens is 290 g/mol. The lowest BCUT2D eigenvalue weighted by atomic mass is 9.86. The van der Waals surface area contributed by atoms with Crippen molar-refractivity contribution in [1.29, 1.82) is 0 Å². The molecule has 2 unspecified atom stereocenters. The second kappa shape index (κ2) is 8.34. The molecule has 1 aliphatic carbocycles. The predicted octanol–water partition coefficient (Wildman–Crippen LogP) is 2.94. The molecule has 0 spiro atoms. The number of hydrogen-bond acceptors (Lipinski definition) is 4. The van der Waals surface area contributed by atoms with E-state index in [-0.39, 0.29) is 12.1 Å². The largest absolute Gasteiger partial charge is 0.444 e. The van der Waals surface area contributed by atoms with Gasteiger partial charge in [0.25, 0.3) is 0 Å². The van der Waals surface area contributed by atoms with E-state index in [4.69, 9.17) is 4.74 Å². The average Bonchev–Trinajstić information content (AvgIpc) is 2.62. The van der Waals surface area contributed by atoms with Crippen molar-refractivity contribution in [1.82, 2.24) is 16.0 Å². The molecule has 5 heteroatoms. The fourth-order valence-corrected chi connectivity index (χ4v) is 3.55. The van der Waals surface area contributed by atoms with E-state index in [1.54, 1.807) is 0 Å². The number of carbonyl (C=O) groups is 1. The highest BCUT2D eigenvalue weighted by Gasteiger charge is 2.32. The van der Waals surface area contributed by atoms with Crippen LogP contribution < -0.4 is 16.0 Å². The van der Waals surface area contributed by atoms with E-state index in [0.717, 1.165) is 12.8 Å². The van der Waals surface area contributed by atoms with Crippen molar-refractivity contribution in [3.8, 4) is 0 Å². The molecule has 1 saturated heterocycles. The Bertz CT molecular complexity index is 367. The van der Waals surface area contributed by atoms with Crippen LogP contribution in [0.15, 0.2) is 0 Å². The number of alkyl carbamates (subject to hydrolysis) is 1. The van der Waals surface area contributed by atoms with Crippen LogP contribution in [0.1, 0.15) is 72.6 Å². The Morgan fingerprint density at radius 1 is 1.22 bits per heavy atom.